The van der Waals surface area contributed by atoms with Gasteiger partial charge in [0.2, 0.25) is 0 Å². The zero-order valence-corrected chi connectivity index (χ0v) is 16.1. The molecule has 1 aliphatic heterocycles. The van der Waals surface area contributed by atoms with Crippen molar-refractivity contribution < 1.29 is 9.15 Å². The molecule has 3 aromatic rings. The first-order chi connectivity index (χ1) is 13.2. The van der Waals surface area contributed by atoms with Crippen LogP contribution >= 0.6 is 12.2 Å². The Hall–Kier alpha value is -2.86. The molecule has 1 saturated heterocycles. The van der Waals surface area contributed by atoms with E-state index in [4.69, 9.17) is 21.4 Å². The second-order valence-corrected chi connectivity index (χ2v) is 6.94. The molecule has 3 heterocycles. The molecule has 2 aromatic heterocycles. The van der Waals surface area contributed by atoms with Crippen LogP contribution in [0.15, 0.2) is 65.2 Å². The van der Waals surface area contributed by atoms with E-state index in [0.717, 1.165) is 28.5 Å². The summed E-state index contributed by atoms with van der Waals surface area (Å²) < 4.78 is 11.2. The maximum Gasteiger partial charge on any atom is 0.170 e. The smallest absolute Gasteiger partial charge is 0.170 e. The van der Waals surface area contributed by atoms with Gasteiger partial charge in [0.05, 0.1) is 18.8 Å². The molecule has 1 fully saturated rings. The second kappa shape index (κ2) is 7.40. The summed E-state index contributed by atoms with van der Waals surface area (Å²) in [6.07, 6.45) is 1.80. The number of nitrogens with zero attached hydrogens (tertiary/aromatic N) is 2. The van der Waals surface area contributed by atoms with Crippen molar-refractivity contribution >= 4 is 17.3 Å². The summed E-state index contributed by atoms with van der Waals surface area (Å²) in [5, 5.41) is 4.13. The molecule has 2 unspecified atom stereocenters. The van der Waals surface area contributed by atoms with Gasteiger partial charge in [-0.25, -0.2) is 0 Å². The number of ether oxygens (including phenoxy) is 1. The predicted molar refractivity (Wildman–Crippen MR) is 107 cm³/mol. The minimum atomic E-state index is -0.0671. The van der Waals surface area contributed by atoms with Gasteiger partial charge in [0.15, 0.2) is 5.11 Å². The van der Waals surface area contributed by atoms with Gasteiger partial charge < -0.3 is 19.4 Å². The molecule has 1 aliphatic rings. The number of thiocarbonyl (C=S) groups is 1. The summed E-state index contributed by atoms with van der Waals surface area (Å²) in [6.45, 7) is 2.62. The van der Waals surface area contributed by atoms with E-state index in [-0.39, 0.29) is 12.1 Å². The zero-order valence-electron chi connectivity index (χ0n) is 15.3. The van der Waals surface area contributed by atoms with Crippen molar-refractivity contribution in [3.8, 4) is 5.75 Å². The Morgan fingerprint density at radius 3 is 2.59 bits per heavy atom. The lowest BCUT2D eigenvalue weighted by Crippen LogP contribution is -2.29. The van der Waals surface area contributed by atoms with Crippen molar-refractivity contribution in [1.82, 2.24) is 15.2 Å². The minimum absolute atomic E-state index is 0.0665. The number of furan rings is 1. The third-order valence-electron chi connectivity index (χ3n) is 4.76. The molecule has 0 amide bonds. The van der Waals surface area contributed by atoms with Crippen LogP contribution in [0.1, 0.15) is 34.9 Å². The summed E-state index contributed by atoms with van der Waals surface area (Å²) in [4.78, 5) is 6.70. The highest BCUT2D eigenvalue weighted by atomic mass is 32.1. The molecule has 1 aromatic carbocycles. The van der Waals surface area contributed by atoms with E-state index in [9.17, 15) is 0 Å². The first kappa shape index (κ1) is 17.5. The molecular weight excluding hydrogens is 358 g/mol. The van der Waals surface area contributed by atoms with Crippen LogP contribution in [0.5, 0.6) is 5.75 Å². The molecule has 0 saturated carbocycles. The molecule has 27 heavy (non-hydrogen) atoms. The van der Waals surface area contributed by atoms with Gasteiger partial charge in [-0.1, -0.05) is 18.2 Å². The first-order valence-corrected chi connectivity index (χ1v) is 9.24. The summed E-state index contributed by atoms with van der Waals surface area (Å²) in [7, 11) is 1.67. The molecule has 0 aliphatic carbocycles. The molecule has 138 valence electrons. The van der Waals surface area contributed by atoms with E-state index >= 15 is 0 Å². The van der Waals surface area contributed by atoms with E-state index in [1.165, 1.54) is 0 Å². The number of benzene rings is 1. The maximum absolute atomic E-state index is 5.98. The van der Waals surface area contributed by atoms with Crippen LogP contribution in [-0.4, -0.2) is 22.1 Å². The summed E-state index contributed by atoms with van der Waals surface area (Å²) in [5.41, 5.74) is 2.09. The Morgan fingerprint density at radius 1 is 1.15 bits per heavy atom. The highest BCUT2D eigenvalue weighted by Crippen LogP contribution is 2.40. The number of aromatic nitrogens is 1. The molecular formula is C21H21N3O2S. The van der Waals surface area contributed by atoms with Crippen LogP contribution in [0.25, 0.3) is 0 Å². The summed E-state index contributed by atoms with van der Waals surface area (Å²) in [5.74, 6) is 2.60. The van der Waals surface area contributed by atoms with E-state index in [2.05, 4.69) is 27.3 Å². The topological polar surface area (TPSA) is 50.5 Å². The number of nitrogens with one attached hydrogen (secondary N) is 1. The average molecular weight is 379 g/mol. The molecule has 0 spiro atoms. The monoisotopic (exact) mass is 379 g/mol. The highest BCUT2D eigenvalue weighted by molar-refractivity contribution is 7.80. The molecule has 5 nitrogen and oxygen atoms in total. The van der Waals surface area contributed by atoms with Crippen LogP contribution in [0.2, 0.25) is 0 Å². The molecule has 2 atom stereocenters. The Balaban J connectivity index is 1.68. The van der Waals surface area contributed by atoms with Gasteiger partial charge in [-0.2, -0.15) is 0 Å². The van der Waals surface area contributed by atoms with E-state index in [1.54, 1.807) is 13.3 Å². The standard InChI is InChI=1S/C21H21N3O2S/c1-14-6-11-18(26-14)20-19(17-5-3-4-12-22-17)23-21(27)24(20)13-15-7-9-16(25-2)10-8-15/h3-12,19-20H,13H2,1-2H3,(H,23,27). The number of pyridine rings is 1. The van der Waals surface area contributed by atoms with Gasteiger partial charge in [-0.15, -0.1) is 0 Å². The first-order valence-electron chi connectivity index (χ1n) is 8.83. The van der Waals surface area contributed by atoms with Crippen molar-refractivity contribution in [2.75, 3.05) is 7.11 Å². The normalized spacial score (nSPS) is 19.2. The molecule has 6 heteroatoms. The van der Waals surface area contributed by atoms with Crippen molar-refractivity contribution in [3.05, 3.63) is 83.6 Å². The Kier molecular flexibility index (Phi) is 4.81. The van der Waals surface area contributed by atoms with Crippen LogP contribution in [0.4, 0.5) is 0 Å². The van der Waals surface area contributed by atoms with Crippen LogP contribution in [0, 0.1) is 6.92 Å². The predicted octanol–water partition coefficient (Wildman–Crippen LogP) is 4.16. The second-order valence-electron chi connectivity index (χ2n) is 6.55. The number of methoxy groups -OCH3 is 1. The molecule has 0 radical (unpaired) electrons. The number of rotatable bonds is 5. The fourth-order valence-electron chi connectivity index (χ4n) is 3.42. The van der Waals surface area contributed by atoms with Gasteiger partial charge in [0.25, 0.3) is 0 Å². The lowest BCUT2D eigenvalue weighted by molar-refractivity contribution is 0.264. The molecule has 4 rings (SSSR count). The fourth-order valence-corrected chi connectivity index (χ4v) is 3.73. The number of hydrogen-bond acceptors (Lipinski definition) is 4. The average Bonchev–Trinajstić information content (AvgIpc) is 3.26. The zero-order chi connectivity index (χ0) is 18.8. The summed E-state index contributed by atoms with van der Waals surface area (Å²) in [6, 6.07) is 17.8. The Morgan fingerprint density at radius 2 is 1.96 bits per heavy atom. The Bertz CT molecular complexity index is 924. The van der Waals surface area contributed by atoms with Crippen molar-refractivity contribution in [2.45, 2.75) is 25.6 Å². The van der Waals surface area contributed by atoms with Crippen molar-refractivity contribution in [3.63, 3.8) is 0 Å². The largest absolute Gasteiger partial charge is 0.497 e. The highest BCUT2D eigenvalue weighted by Gasteiger charge is 2.41. The van der Waals surface area contributed by atoms with E-state index < -0.39 is 0 Å². The third-order valence-corrected chi connectivity index (χ3v) is 5.11. The third kappa shape index (κ3) is 3.53. The summed E-state index contributed by atoms with van der Waals surface area (Å²) >= 11 is 5.67. The van der Waals surface area contributed by atoms with Crippen molar-refractivity contribution in [1.29, 1.82) is 0 Å². The van der Waals surface area contributed by atoms with Crippen LogP contribution in [0.3, 0.4) is 0 Å². The molecule has 1 N–H and O–H groups in total. The van der Waals surface area contributed by atoms with Gasteiger partial charge in [0.1, 0.15) is 23.3 Å². The quantitative estimate of drug-likeness (QED) is 0.672. The van der Waals surface area contributed by atoms with Gasteiger partial charge in [-0.05, 0) is 61.1 Å². The molecule has 0 bridgehead atoms. The SMILES string of the molecule is COc1ccc(CN2C(=S)NC(c3ccccn3)C2c2ccc(C)o2)cc1. The number of hydrogen-bond donors (Lipinski definition) is 1. The van der Waals surface area contributed by atoms with Crippen LogP contribution in [-0.2, 0) is 6.54 Å². The lowest BCUT2D eigenvalue weighted by atomic mass is 10.0. The van der Waals surface area contributed by atoms with Gasteiger partial charge in [0, 0.05) is 12.7 Å². The van der Waals surface area contributed by atoms with Crippen molar-refractivity contribution in [2.24, 2.45) is 0 Å². The Labute approximate surface area is 164 Å². The van der Waals surface area contributed by atoms with Gasteiger partial charge >= 0.3 is 0 Å². The van der Waals surface area contributed by atoms with E-state index in [0.29, 0.717) is 11.7 Å². The van der Waals surface area contributed by atoms with Crippen LogP contribution < -0.4 is 10.1 Å². The minimum Gasteiger partial charge on any atom is -0.497 e. The fraction of sp³-hybridized carbons (Fsp3) is 0.238. The maximum atomic E-state index is 5.98. The lowest BCUT2D eigenvalue weighted by Gasteiger charge is -2.26. The van der Waals surface area contributed by atoms with Gasteiger partial charge in [-0.3, -0.25) is 4.98 Å². The van der Waals surface area contributed by atoms with E-state index in [1.807, 2.05) is 49.4 Å². The number of aryl methyl sites for hydroxylation is 1.